The maximum absolute atomic E-state index is 6.00. The van der Waals surface area contributed by atoms with Crippen LogP contribution in [0.4, 0.5) is 0 Å². The first-order valence-electron chi connectivity index (χ1n) is 6.15. The Morgan fingerprint density at radius 2 is 1.95 bits per heavy atom. The first-order chi connectivity index (χ1) is 9.17. The minimum absolute atomic E-state index is 0.310. The third kappa shape index (κ3) is 3.08. The average molecular weight is 282 g/mol. The van der Waals surface area contributed by atoms with Gasteiger partial charge in [0.1, 0.15) is 17.6 Å². The van der Waals surface area contributed by atoms with Crippen LogP contribution in [0.15, 0.2) is 6.07 Å². The van der Waals surface area contributed by atoms with Crippen molar-refractivity contribution in [3.63, 3.8) is 0 Å². The number of methoxy groups -OCH3 is 1. The second-order valence-electron chi connectivity index (χ2n) is 3.96. The van der Waals surface area contributed by atoms with Crippen molar-refractivity contribution in [1.29, 1.82) is 0 Å². The van der Waals surface area contributed by atoms with Gasteiger partial charge in [0.25, 0.3) is 0 Å². The number of hydrogen-bond acceptors (Lipinski definition) is 5. The molecule has 0 radical (unpaired) electrons. The molecule has 2 heterocycles. The zero-order chi connectivity index (χ0) is 13.8. The second-order valence-corrected chi connectivity index (χ2v) is 4.35. The number of aryl methyl sites for hydroxylation is 2. The van der Waals surface area contributed by atoms with Crippen LogP contribution in [0.1, 0.15) is 31.3 Å². The molecule has 0 aliphatic rings. The predicted molar refractivity (Wildman–Crippen MR) is 71.4 cm³/mol. The van der Waals surface area contributed by atoms with Crippen LogP contribution in [-0.2, 0) is 24.2 Å². The molecule has 7 heteroatoms. The molecule has 2 rings (SSSR count). The maximum atomic E-state index is 6.00. The normalized spacial score (nSPS) is 10.9. The lowest BCUT2D eigenvalue weighted by atomic mass is 10.4. The molecule has 0 spiro atoms. The van der Waals surface area contributed by atoms with Crippen molar-refractivity contribution in [3.05, 3.63) is 28.7 Å². The van der Waals surface area contributed by atoms with Crippen LogP contribution in [0.5, 0.6) is 0 Å². The number of halogens is 1. The van der Waals surface area contributed by atoms with Crippen molar-refractivity contribution in [1.82, 2.24) is 24.7 Å². The smallest absolute Gasteiger partial charge is 0.160 e. The van der Waals surface area contributed by atoms with E-state index in [2.05, 4.69) is 20.1 Å². The SMILES string of the molecule is CCc1nc(CC)n(-c2cc(Cl)nc(COC)n2)n1. The van der Waals surface area contributed by atoms with Gasteiger partial charge in [0, 0.05) is 26.0 Å². The third-order valence-electron chi connectivity index (χ3n) is 2.57. The molecule has 0 aliphatic heterocycles. The highest BCUT2D eigenvalue weighted by Crippen LogP contribution is 2.14. The Bertz CT molecular complexity index is 569. The van der Waals surface area contributed by atoms with E-state index in [0.717, 1.165) is 24.5 Å². The molecule has 0 fully saturated rings. The van der Waals surface area contributed by atoms with Gasteiger partial charge >= 0.3 is 0 Å². The van der Waals surface area contributed by atoms with Crippen LogP contribution < -0.4 is 0 Å². The van der Waals surface area contributed by atoms with Crippen LogP contribution in [-0.4, -0.2) is 31.8 Å². The van der Waals surface area contributed by atoms with Gasteiger partial charge in [0.15, 0.2) is 17.5 Å². The van der Waals surface area contributed by atoms with Gasteiger partial charge in [-0.2, -0.15) is 4.68 Å². The Hall–Kier alpha value is -1.53. The van der Waals surface area contributed by atoms with Crippen LogP contribution in [0.2, 0.25) is 5.15 Å². The molecular weight excluding hydrogens is 266 g/mol. The Balaban J connectivity index is 2.48. The molecule has 2 aromatic heterocycles. The lowest BCUT2D eigenvalue weighted by Crippen LogP contribution is -2.08. The summed E-state index contributed by atoms with van der Waals surface area (Å²) in [6.07, 6.45) is 1.55. The highest BCUT2D eigenvalue weighted by Gasteiger charge is 2.12. The summed E-state index contributed by atoms with van der Waals surface area (Å²) in [5.74, 6) is 2.80. The van der Waals surface area contributed by atoms with E-state index in [1.807, 2.05) is 13.8 Å². The van der Waals surface area contributed by atoms with Crippen molar-refractivity contribution < 1.29 is 4.74 Å². The molecule has 0 bridgehead atoms. The zero-order valence-electron chi connectivity index (χ0n) is 11.2. The summed E-state index contributed by atoms with van der Waals surface area (Å²) in [5.41, 5.74) is 0. The second kappa shape index (κ2) is 6.08. The van der Waals surface area contributed by atoms with E-state index >= 15 is 0 Å². The van der Waals surface area contributed by atoms with E-state index in [0.29, 0.717) is 23.4 Å². The van der Waals surface area contributed by atoms with Crippen molar-refractivity contribution in [3.8, 4) is 5.82 Å². The first kappa shape index (κ1) is 13.9. The maximum Gasteiger partial charge on any atom is 0.160 e. The lowest BCUT2D eigenvalue weighted by molar-refractivity contribution is 0.177. The van der Waals surface area contributed by atoms with Crippen LogP contribution in [0, 0.1) is 0 Å². The van der Waals surface area contributed by atoms with E-state index < -0.39 is 0 Å². The summed E-state index contributed by atoms with van der Waals surface area (Å²) in [6.45, 7) is 4.35. The summed E-state index contributed by atoms with van der Waals surface area (Å²) in [6, 6.07) is 1.67. The van der Waals surface area contributed by atoms with Gasteiger partial charge in [-0.05, 0) is 0 Å². The van der Waals surface area contributed by atoms with Crippen LogP contribution >= 0.6 is 11.6 Å². The number of nitrogens with zero attached hydrogens (tertiary/aromatic N) is 5. The van der Waals surface area contributed by atoms with Crippen molar-refractivity contribution in [2.75, 3.05) is 7.11 Å². The standard InChI is InChI=1S/C12H16ClN5O/c1-4-9-15-11(5-2)18(17-9)12-6-8(13)14-10(16-12)7-19-3/h6H,4-5,7H2,1-3H3. The number of rotatable bonds is 5. The molecule has 0 unspecified atom stereocenters. The summed E-state index contributed by atoms with van der Waals surface area (Å²) < 4.78 is 6.74. The topological polar surface area (TPSA) is 65.7 Å². The quantitative estimate of drug-likeness (QED) is 0.784. The number of aromatic nitrogens is 5. The van der Waals surface area contributed by atoms with Crippen LogP contribution in [0.3, 0.4) is 0 Å². The molecule has 0 aromatic carbocycles. The molecule has 0 aliphatic carbocycles. The van der Waals surface area contributed by atoms with Gasteiger partial charge in [-0.25, -0.2) is 15.0 Å². The fourth-order valence-electron chi connectivity index (χ4n) is 1.71. The fourth-order valence-corrected chi connectivity index (χ4v) is 1.90. The van der Waals surface area contributed by atoms with E-state index in [-0.39, 0.29) is 0 Å². The summed E-state index contributed by atoms with van der Waals surface area (Å²) in [7, 11) is 1.59. The van der Waals surface area contributed by atoms with Crippen molar-refractivity contribution in [2.24, 2.45) is 0 Å². The molecule has 102 valence electrons. The Morgan fingerprint density at radius 3 is 2.58 bits per heavy atom. The first-order valence-corrected chi connectivity index (χ1v) is 6.53. The van der Waals surface area contributed by atoms with Crippen molar-refractivity contribution in [2.45, 2.75) is 33.3 Å². The molecular formula is C12H16ClN5O. The molecule has 0 N–H and O–H groups in total. The average Bonchev–Trinajstić information content (AvgIpc) is 2.81. The van der Waals surface area contributed by atoms with Gasteiger partial charge in [-0.1, -0.05) is 25.4 Å². The molecule has 19 heavy (non-hydrogen) atoms. The molecule has 2 aromatic rings. The van der Waals surface area contributed by atoms with Gasteiger partial charge in [0.2, 0.25) is 0 Å². The van der Waals surface area contributed by atoms with Gasteiger partial charge in [0.05, 0.1) is 0 Å². The highest BCUT2D eigenvalue weighted by molar-refractivity contribution is 6.29. The number of ether oxygens (including phenoxy) is 1. The highest BCUT2D eigenvalue weighted by atomic mass is 35.5. The van der Waals surface area contributed by atoms with Gasteiger partial charge in [-0.3, -0.25) is 0 Å². The minimum atomic E-state index is 0.310. The summed E-state index contributed by atoms with van der Waals surface area (Å²) in [4.78, 5) is 12.9. The molecule has 0 saturated heterocycles. The van der Waals surface area contributed by atoms with E-state index in [1.165, 1.54) is 0 Å². The number of hydrogen-bond donors (Lipinski definition) is 0. The summed E-state index contributed by atoms with van der Waals surface area (Å²) >= 11 is 6.00. The van der Waals surface area contributed by atoms with Gasteiger partial charge < -0.3 is 4.74 Å². The van der Waals surface area contributed by atoms with E-state index in [1.54, 1.807) is 17.9 Å². The van der Waals surface area contributed by atoms with Gasteiger partial charge in [-0.15, -0.1) is 5.10 Å². The van der Waals surface area contributed by atoms with Crippen LogP contribution in [0.25, 0.3) is 5.82 Å². The molecule has 6 nitrogen and oxygen atoms in total. The third-order valence-corrected chi connectivity index (χ3v) is 2.76. The Morgan fingerprint density at radius 1 is 1.16 bits per heavy atom. The fraction of sp³-hybridized carbons (Fsp3) is 0.500. The Labute approximate surface area is 116 Å². The monoisotopic (exact) mass is 281 g/mol. The zero-order valence-corrected chi connectivity index (χ0v) is 12.0. The molecule has 0 atom stereocenters. The molecule has 0 amide bonds. The van der Waals surface area contributed by atoms with Crippen molar-refractivity contribution >= 4 is 11.6 Å². The van der Waals surface area contributed by atoms with E-state index in [4.69, 9.17) is 16.3 Å². The molecule has 0 saturated carbocycles. The summed E-state index contributed by atoms with van der Waals surface area (Å²) in [5, 5.41) is 4.80. The minimum Gasteiger partial charge on any atom is -0.377 e. The lowest BCUT2D eigenvalue weighted by Gasteiger charge is -2.06. The van der Waals surface area contributed by atoms with E-state index in [9.17, 15) is 0 Å². The largest absolute Gasteiger partial charge is 0.377 e. The Kier molecular flexibility index (Phi) is 4.44. The predicted octanol–water partition coefficient (Wildman–Crippen LogP) is 1.98.